The maximum absolute atomic E-state index is 14.3. The molecule has 7 nitrogen and oxygen atoms in total. The Bertz CT molecular complexity index is 827. The fraction of sp³-hybridized carbons (Fsp3) is 0.524. The highest BCUT2D eigenvalue weighted by Crippen LogP contribution is 2.33. The third-order valence-electron chi connectivity index (χ3n) is 5.37. The van der Waals surface area contributed by atoms with E-state index in [1.807, 2.05) is 0 Å². The number of carbonyl (C=O) groups is 1. The van der Waals surface area contributed by atoms with Gasteiger partial charge in [0.2, 0.25) is 5.91 Å². The van der Waals surface area contributed by atoms with Crippen molar-refractivity contribution in [1.82, 2.24) is 25.5 Å². The number of tetrazole rings is 1. The van der Waals surface area contributed by atoms with Gasteiger partial charge in [-0.15, -0.1) is 10.2 Å². The first kappa shape index (κ1) is 21.9. The normalized spacial score (nSPS) is 17.7. The number of amides is 1. The average Bonchev–Trinajstić information content (AvgIpc) is 3.39. The highest BCUT2D eigenvalue weighted by Gasteiger charge is 2.35. The Hall–Kier alpha value is -2.84. The van der Waals surface area contributed by atoms with Crippen LogP contribution in [0.4, 0.5) is 8.78 Å². The summed E-state index contributed by atoms with van der Waals surface area (Å²) in [6, 6.07) is 7.03. The number of hydrogen-bond acceptors (Lipinski definition) is 5. The van der Waals surface area contributed by atoms with Crippen molar-refractivity contribution in [2.24, 2.45) is 0 Å². The standard InChI is InChI=1S/C21H27F2N5O2/c22-21(23,16-8-4-3-5-9-16)14-13-18(29)17-11-12-20(30)28(17)15-7-2-1-6-10-19-24-26-27-25-19/h3-5,8-9,13,17,29H,1-2,6-7,10-12,14-15H2,(H,24,25,26,27)/t17-/m1/s1. The Labute approximate surface area is 174 Å². The van der Waals surface area contributed by atoms with Gasteiger partial charge in [-0.2, -0.15) is 5.21 Å². The number of aromatic nitrogens is 4. The highest BCUT2D eigenvalue weighted by molar-refractivity contribution is 5.79. The second kappa shape index (κ2) is 10.3. The number of hydrogen-bond donors (Lipinski definition) is 2. The number of unbranched alkanes of at least 4 members (excludes halogenated alkanes) is 3. The number of aliphatic hydroxyl groups excluding tert-OH is 1. The molecule has 0 radical (unpaired) electrons. The maximum Gasteiger partial charge on any atom is 0.276 e. The van der Waals surface area contributed by atoms with E-state index in [9.17, 15) is 18.7 Å². The number of alkyl halides is 2. The van der Waals surface area contributed by atoms with Crippen LogP contribution in [0.15, 0.2) is 42.2 Å². The molecule has 1 amide bonds. The van der Waals surface area contributed by atoms with Crippen LogP contribution in [0.5, 0.6) is 0 Å². The van der Waals surface area contributed by atoms with E-state index in [-0.39, 0.29) is 17.2 Å². The van der Waals surface area contributed by atoms with Crippen molar-refractivity contribution in [3.8, 4) is 0 Å². The molecule has 2 heterocycles. The smallest absolute Gasteiger partial charge is 0.276 e. The number of likely N-dealkylation sites (tertiary alicyclic amines) is 1. The van der Waals surface area contributed by atoms with Crippen LogP contribution in [-0.2, 0) is 17.1 Å². The summed E-state index contributed by atoms with van der Waals surface area (Å²) in [6.45, 7) is 0.513. The van der Waals surface area contributed by atoms with Crippen molar-refractivity contribution in [2.75, 3.05) is 6.54 Å². The predicted molar refractivity (Wildman–Crippen MR) is 107 cm³/mol. The van der Waals surface area contributed by atoms with E-state index in [0.717, 1.165) is 38.2 Å². The number of rotatable bonds is 11. The molecule has 3 rings (SSSR count). The molecular formula is C21H27F2N5O2. The van der Waals surface area contributed by atoms with Crippen LogP contribution in [0.25, 0.3) is 0 Å². The highest BCUT2D eigenvalue weighted by atomic mass is 19.3. The molecule has 1 aliphatic rings. The lowest BCUT2D eigenvalue weighted by Gasteiger charge is -2.25. The summed E-state index contributed by atoms with van der Waals surface area (Å²) < 4.78 is 28.7. The lowest BCUT2D eigenvalue weighted by Crippen LogP contribution is -2.35. The van der Waals surface area contributed by atoms with Gasteiger partial charge >= 0.3 is 0 Å². The molecule has 162 valence electrons. The third-order valence-corrected chi connectivity index (χ3v) is 5.37. The number of halogens is 2. The SMILES string of the molecule is O=C1CC[C@H](C(O)=CCC(F)(F)c2ccccc2)N1CCCCCCc1nn[nH]n1. The first-order valence-electron chi connectivity index (χ1n) is 10.3. The van der Waals surface area contributed by atoms with Gasteiger partial charge in [-0.1, -0.05) is 48.4 Å². The van der Waals surface area contributed by atoms with Crippen molar-refractivity contribution in [2.45, 2.75) is 63.3 Å². The fourth-order valence-electron chi connectivity index (χ4n) is 3.70. The van der Waals surface area contributed by atoms with Crippen molar-refractivity contribution >= 4 is 5.91 Å². The summed E-state index contributed by atoms with van der Waals surface area (Å²) in [7, 11) is 0. The zero-order valence-corrected chi connectivity index (χ0v) is 16.8. The topological polar surface area (TPSA) is 95.0 Å². The Balaban J connectivity index is 1.46. The van der Waals surface area contributed by atoms with Crippen molar-refractivity contribution in [1.29, 1.82) is 0 Å². The molecule has 1 aromatic heterocycles. The molecule has 30 heavy (non-hydrogen) atoms. The fourth-order valence-corrected chi connectivity index (χ4v) is 3.70. The minimum absolute atomic E-state index is 0.0402. The van der Waals surface area contributed by atoms with E-state index in [2.05, 4.69) is 20.6 Å². The minimum atomic E-state index is -3.07. The molecule has 0 unspecified atom stereocenters. The average molecular weight is 419 g/mol. The molecule has 0 bridgehead atoms. The summed E-state index contributed by atoms with van der Waals surface area (Å²) in [5.41, 5.74) is -0.0887. The van der Waals surface area contributed by atoms with Gasteiger partial charge in [-0.3, -0.25) is 4.79 Å². The van der Waals surface area contributed by atoms with Crippen LogP contribution >= 0.6 is 0 Å². The summed E-state index contributed by atoms with van der Waals surface area (Å²) in [6.07, 6.45) is 5.70. The van der Waals surface area contributed by atoms with Crippen LogP contribution in [0.3, 0.4) is 0 Å². The molecule has 0 spiro atoms. The van der Waals surface area contributed by atoms with Gasteiger partial charge in [0.05, 0.1) is 6.04 Å². The number of aromatic amines is 1. The van der Waals surface area contributed by atoms with Crippen molar-refractivity contribution in [3.05, 3.63) is 53.6 Å². The van der Waals surface area contributed by atoms with Gasteiger partial charge in [0.15, 0.2) is 5.82 Å². The number of nitrogens with one attached hydrogen (secondary N) is 1. The summed E-state index contributed by atoms with van der Waals surface area (Å²) in [5, 5.41) is 24.1. The van der Waals surface area contributed by atoms with Gasteiger partial charge < -0.3 is 10.0 Å². The number of benzene rings is 1. The lowest BCUT2D eigenvalue weighted by molar-refractivity contribution is -0.128. The maximum atomic E-state index is 14.3. The first-order valence-corrected chi connectivity index (χ1v) is 10.3. The molecule has 1 fully saturated rings. The molecule has 1 aliphatic heterocycles. The summed E-state index contributed by atoms with van der Waals surface area (Å²) in [5.74, 6) is -2.57. The number of nitrogens with zero attached hydrogens (tertiary/aromatic N) is 4. The monoisotopic (exact) mass is 419 g/mol. The molecule has 2 N–H and O–H groups in total. The second-order valence-electron chi connectivity index (χ2n) is 7.54. The number of allylic oxidation sites excluding steroid dienone is 1. The Morgan fingerprint density at radius 3 is 2.73 bits per heavy atom. The molecular weight excluding hydrogens is 392 g/mol. The first-order chi connectivity index (χ1) is 14.5. The number of aryl methyl sites for hydroxylation is 1. The molecule has 1 saturated heterocycles. The van der Waals surface area contributed by atoms with Crippen LogP contribution in [0, 0.1) is 0 Å². The van der Waals surface area contributed by atoms with Crippen LogP contribution in [-0.4, -0.2) is 49.1 Å². The molecule has 9 heteroatoms. The van der Waals surface area contributed by atoms with Crippen LogP contribution in [0.1, 0.15) is 56.3 Å². The zero-order valence-electron chi connectivity index (χ0n) is 16.8. The predicted octanol–water partition coefficient (Wildman–Crippen LogP) is 3.92. The number of H-pyrrole nitrogens is 1. The summed E-state index contributed by atoms with van der Waals surface area (Å²) in [4.78, 5) is 13.8. The quantitative estimate of drug-likeness (QED) is 0.425. The lowest BCUT2D eigenvalue weighted by atomic mass is 10.0. The van der Waals surface area contributed by atoms with Gasteiger partial charge in [-0.05, 0) is 25.3 Å². The largest absolute Gasteiger partial charge is 0.510 e. The van der Waals surface area contributed by atoms with E-state index >= 15 is 0 Å². The van der Waals surface area contributed by atoms with Gasteiger partial charge in [0.25, 0.3) is 5.92 Å². The van der Waals surface area contributed by atoms with Crippen LogP contribution in [0.2, 0.25) is 0 Å². The van der Waals surface area contributed by atoms with Gasteiger partial charge in [-0.25, -0.2) is 8.78 Å². The van der Waals surface area contributed by atoms with E-state index in [0.29, 0.717) is 25.2 Å². The molecule has 0 aliphatic carbocycles. The van der Waals surface area contributed by atoms with Crippen LogP contribution < -0.4 is 0 Å². The van der Waals surface area contributed by atoms with Crippen molar-refractivity contribution < 1.29 is 18.7 Å². The Morgan fingerprint density at radius 1 is 1.23 bits per heavy atom. The number of carbonyl (C=O) groups excluding carboxylic acids is 1. The Kier molecular flexibility index (Phi) is 7.48. The van der Waals surface area contributed by atoms with Gasteiger partial charge in [0.1, 0.15) is 5.76 Å². The molecule has 2 aromatic rings. The Morgan fingerprint density at radius 2 is 2.00 bits per heavy atom. The minimum Gasteiger partial charge on any atom is -0.510 e. The van der Waals surface area contributed by atoms with E-state index in [1.165, 1.54) is 12.1 Å². The third kappa shape index (κ3) is 5.84. The van der Waals surface area contributed by atoms with E-state index in [1.54, 1.807) is 23.1 Å². The summed E-state index contributed by atoms with van der Waals surface area (Å²) >= 11 is 0. The molecule has 1 atom stereocenters. The van der Waals surface area contributed by atoms with E-state index in [4.69, 9.17) is 0 Å². The van der Waals surface area contributed by atoms with Crippen molar-refractivity contribution in [3.63, 3.8) is 0 Å². The molecule has 0 saturated carbocycles. The number of aliphatic hydroxyl groups is 1. The second-order valence-corrected chi connectivity index (χ2v) is 7.54. The zero-order chi connectivity index (χ0) is 21.4. The van der Waals surface area contributed by atoms with E-state index < -0.39 is 18.4 Å². The molecule has 1 aromatic carbocycles. The van der Waals surface area contributed by atoms with Gasteiger partial charge in [0, 0.05) is 31.4 Å².